The Labute approximate surface area is 115 Å². The average Bonchev–Trinajstić information content (AvgIpc) is 2.37. The number of hydrogen-bond donors (Lipinski definition) is 1. The highest BCUT2D eigenvalue weighted by atomic mass is 35.5. The highest BCUT2D eigenvalue weighted by molar-refractivity contribution is 6.33. The van der Waals surface area contributed by atoms with E-state index in [1.54, 1.807) is 0 Å². The molecule has 1 fully saturated rings. The summed E-state index contributed by atoms with van der Waals surface area (Å²) in [5.41, 5.74) is 7.80. The molecule has 1 heterocycles. The summed E-state index contributed by atoms with van der Waals surface area (Å²) in [6, 6.07) is 5.98. The fourth-order valence-electron chi connectivity index (χ4n) is 2.79. The molecule has 1 aliphatic rings. The van der Waals surface area contributed by atoms with Gasteiger partial charge in [-0.15, -0.1) is 0 Å². The van der Waals surface area contributed by atoms with Crippen LogP contribution < -0.4 is 5.73 Å². The van der Waals surface area contributed by atoms with Gasteiger partial charge in [0.05, 0.1) is 10.7 Å². The Hall–Kier alpha value is -0.730. The van der Waals surface area contributed by atoms with Crippen molar-refractivity contribution in [3.63, 3.8) is 0 Å². The SMILES string of the molecule is CCCC1CCN(Cc2ccc(Cl)c(N)c2)CC1. The summed E-state index contributed by atoms with van der Waals surface area (Å²) < 4.78 is 0. The summed E-state index contributed by atoms with van der Waals surface area (Å²) in [6.45, 7) is 5.71. The van der Waals surface area contributed by atoms with Crippen molar-refractivity contribution in [2.75, 3.05) is 18.8 Å². The van der Waals surface area contributed by atoms with Gasteiger partial charge in [0.1, 0.15) is 0 Å². The normalized spacial score (nSPS) is 18.1. The highest BCUT2D eigenvalue weighted by Crippen LogP contribution is 2.24. The van der Waals surface area contributed by atoms with Crippen LogP contribution in [0.5, 0.6) is 0 Å². The summed E-state index contributed by atoms with van der Waals surface area (Å²) in [4.78, 5) is 2.52. The molecule has 18 heavy (non-hydrogen) atoms. The zero-order valence-corrected chi connectivity index (χ0v) is 11.9. The Kier molecular flexibility index (Phi) is 4.90. The van der Waals surface area contributed by atoms with Crippen LogP contribution in [-0.2, 0) is 6.54 Å². The molecule has 0 unspecified atom stereocenters. The van der Waals surface area contributed by atoms with E-state index in [1.165, 1.54) is 44.3 Å². The number of anilines is 1. The molecule has 1 saturated heterocycles. The van der Waals surface area contributed by atoms with Gasteiger partial charge in [0.2, 0.25) is 0 Å². The van der Waals surface area contributed by atoms with Crippen LogP contribution in [0, 0.1) is 5.92 Å². The summed E-state index contributed by atoms with van der Waals surface area (Å²) in [7, 11) is 0. The largest absolute Gasteiger partial charge is 0.398 e. The van der Waals surface area contributed by atoms with Gasteiger partial charge in [-0.05, 0) is 49.5 Å². The minimum Gasteiger partial charge on any atom is -0.398 e. The van der Waals surface area contributed by atoms with Crippen molar-refractivity contribution >= 4 is 17.3 Å². The maximum absolute atomic E-state index is 5.94. The molecule has 0 radical (unpaired) electrons. The van der Waals surface area contributed by atoms with Crippen molar-refractivity contribution in [2.24, 2.45) is 5.92 Å². The van der Waals surface area contributed by atoms with Crippen molar-refractivity contribution in [2.45, 2.75) is 39.2 Å². The Morgan fingerprint density at radius 3 is 2.67 bits per heavy atom. The Morgan fingerprint density at radius 1 is 1.33 bits per heavy atom. The lowest BCUT2D eigenvalue weighted by Crippen LogP contribution is -2.33. The van der Waals surface area contributed by atoms with Gasteiger partial charge in [0.25, 0.3) is 0 Å². The van der Waals surface area contributed by atoms with Gasteiger partial charge >= 0.3 is 0 Å². The molecule has 0 amide bonds. The molecule has 0 atom stereocenters. The maximum Gasteiger partial charge on any atom is 0.0635 e. The van der Waals surface area contributed by atoms with Crippen molar-refractivity contribution in [1.82, 2.24) is 4.90 Å². The predicted molar refractivity (Wildman–Crippen MR) is 78.8 cm³/mol. The number of rotatable bonds is 4. The molecule has 1 aromatic rings. The number of hydrogen-bond acceptors (Lipinski definition) is 2. The van der Waals surface area contributed by atoms with Crippen LogP contribution in [0.25, 0.3) is 0 Å². The first kappa shape index (κ1) is 13.7. The zero-order chi connectivity index (χ0) is 13.0. The first-order chi connectivity index (χ1) is 8.69. The second kappa shape index (κ2) is 6.44. The van der Waals surface area contributed by atoms with E-state index in [-0.39, 0.29) is 0 Å². The fraction of sp³-hybridized carbons (Fsp3) is 0.600. The van der Waals surface area contributed by atoms with Gasteiger partial charge in [-0.1, -0.05) is 37.4 Å². The number of benzene rings is 1. The molecule has 100 valence electrons. The van der Waals surface area contributed by atoms with Crippen LogP contribution in [0.3, 0.4) is 0 Å². The van der Waals surface area contributed by atoms with Gasteiger partial charge < -0.3 is 5.73 Å². The molecule has 0 bridgehead atoms. The van der Waals surface area contributed by atoms with Crippen molar-refractivity contribution in [3.05, 3.63) is 28.8 Å². The third-order valence-corrected chi connectivity index (χ3v) is 4.21. The summed E-state index contributed by atoms with van der Waals surface area (Å²) in [5, 5.41) is 0.653. The molecule has 0 saturated carbocycles. The third-order valence-electron chi connectivity index (χ3n) is 3.87. The van der Waals surface area contributed by atoms with Crippen LogP contribution in [-0.4, -0.2) is 18.0 Å². The molecule has 0 aromatic heterocycles. The van der Waals surface area contributed by atoms with Crippen molar-refractivity contribution in [3.8, 4) is 0 Å². The molecule has 2 rings (SSSR count). The van der Waals surface area contributed by atoms with E-state index in [0.717, 1.165) is 12.5 Å². The third kappa shape index (κ3) is 3.63. The fourth-order valence-corrected chi connectivity index (χ4v) is 2.91. The number of nitrogens with zero attached hydrogens (tertiary/aromatic N) is 1. The number of nitrogens with two attached hydrogens (primary N) is 1. The van der Waals surface area contributed by atoms with Crippen LogP contribution in [0.15, 0.2) is 18.2 Å². The Bertz CT molecular complexity index is 384. The van der Waals surface area contributed by atoms with Crippen molar-refractivity contribution < 1.29 is 0 Å². The summed E-state index contributed by atoms with van der Waals surface area (Å²) in [6.07, 6.45) is 5.40. The first-order valence-corrected chi connectivity index (χ1v) is 7.33. The molecule has 0 spiro atoms. The van der Waals surface area contributed by atoms with Crippen LogP contribution in [0.4, 0.5) is 5.69 Å². The van der Waals surface area contributed by atoms with E-state index < -0.39 is 0 Å². The van der Waals surface area contributed by atoms with E-state index in [9.17, 15) is 0 Å². The van der Waals surface area contributed by atoms with Gasteiger partial charge in [0.15, 0.2) is 0 Å². The zero-order valence-electron chi connectivity index (χ0n) is 11.2. The van der Waals surface area contributed by atoms with E-state index in [2.05, 4.69) is 17.9 Å². The number of likely N-dealkylation sites (tertiary alicyclic amines) is 1. The van der Waals surface area contributed by atoms with E-state index >= 15 is 0 Å². The molecule has 3 heteroatoms. The Balaban J connectivity index is 1.85. The highest BCUT2D eigenvalue weighted by Gasteiger charge is 2.18. The lowest BCUT2D eigenvalue weighted by atomic mass is 9.92. The molecular formula is C15H23ClN2. The summed E-state index contributed by atoms with van der Waals surface area (Å²) in [5.74, 6) is 0.946. The number of nitrogen functional groups attached to an aromatic ring is 1. The number of halogens is 1. The van der Waals surface area contributed by atoms with Gasteiger partial charge in [0, 0.05) is 6.54 Å². The summed E-state index contributed by atoms with van der Waals surface area (Å²) >= 11 is 5.94. The van der Waals surface area contributed by atoms with E-state index in [4.69, 9.17) is 17.3 Å². The maximum atomic E-state index is 5.94. The lowest BCUT2D eigenvalue weighted by molar-refractivity contribution is 0.172. The predicted octanol–water partition coefficient (Wildman–Crippen LogP) is 3.93. The molecule has 2 nitrogen and oxygen atoms in total. The molecule has 1 aliphatic heterocycles. The second-order valence-corrected chi connectivity index (χ2v) is 5.77. The number of piperidine rings is 1. The topological polar surface area (TPSA) is 29.3 Å². The van der Waals surface area contributed by atoms with E-state index in [1.807, 2.05) is 12.1 Å². The van der Waals surface area contributed by atoms with Gasteiger partial charge in [-0.25, -0.2) is 0 Å². The smallest absolute Gasteiger partial charge is 0.0635 e. The molecule has 0 aliphatic carbocycles. The molecule has 2 N–H and O–H groups in total. The Morgan fingerprint density at radius 2 is 2.06 bits per heavy atom. The van der Waals surface area contributed by atoms with Crippen LogP contribution in [0.2, 0.25) is 5.02 Å². The quantitative estimate of drug-likeness (QED) is 0.837. The standard InChI is InChI=1S/C15H23ClN2/c1-2-3-12-6-8-18(9-7-12)11-13-4-5-14(16)15(17)10-13/h4-5,10,12H,2-3,6-9,11,17H2,1H3. The van der Waals surface area contributed by atoms with E-state index in [0.29, 0.717) is 10.7 Å². The lowest BCUT2D eigenvalue weighted by Gasteiger charge is -2.31. The van der Waals surface area contributed by atoms with Crippen LogP contribution >= 0.6 is 11.6 Å². The van der Waals surface area contributed by atoms with Gasteiger partial charge in [-0.3, -0.25) is 4.90 Å². The van der Waals surface area contributed by atoms with Gasteiger partial charge in [-0.2, -0.15) is 0 Å². The monoisotopic (exact) mass is 266 g/mol. The molecule has 1 aromatic carbocycles. The minimum absolute atomic E-state index is 0.653. The van der Waals surface area contributed by atoms with Crippen LogP contribution in [0.1, 0.15) is 38.2 Å². The van der Waals surface area contributed by atoms with Crippen molar-refractivity contribution in [1.29, 1.82) is 0 Å². The molecular weight excluding hydrogens is 244 g/mol. The first-order valence-electron chi connectivity index (χ1n) is 6.95. The second-order valence-electron chi connectivity index (χ2n) is 5.36. The minimum atomic E-state index is 0.653. The average molecular weight is 267 g/mol.